The van der Waals surface area contributed by atoms with E-state index < -0.39 is 5.97 Å². The third-order valence-electron chi connectivity index (χ3n) is 5.29. The van der Waals surface area contributed by atoms with Gasteiger partial charge in [-0.3, -0.25) is 4.79 Å². The number of aliphatic carboxylic acids is 1. The summed E-state index contributed by atoms with van der Waals surface area (Å²) in [6.07, 6.45) is 2.35. The Kier molecular flexibility index (Phi) is 7.16. The molecule has 0 aliphatic heterocycles. The molecule has 3 aromatic rings. The zero-order valence-corrected chi connectivity index (χ0v) is 18.3. The summed E-state index contributed by atoms with van der Waals surface area (Å²) in [6, 6.07) is 11.4. The SMILES string of the molecule is CCCc1onc(-c2ccc(Cl)cc2)c1COc1ccc(CCC(=O)O)c(C)c1C. The summed E-state index contributed by atoms with van der Waals surface area (Å²) in [6.45, 7) is 6.43. The molecule has 1 heterocycles. The Morgan fingerprint density at radius 3 is 2.50 bits per heavy atom. The van der Waals surface area contributed by atoms with E-state index in [1.165, 1.54) is 0 Å². The molecular formula is C24H26ClNO4. The van der Waals surface area contributed by atoms with Gasteiger partial charge in [0.15, 0.2) is 0 Å². The van der Waals surface area contributed by atoms with E-state index in [4.69, 9.17) is 26.0 Å². The molecule has 3 rings (SSSR count). The van der Waals surface area contributed by atoms with Crippen LogP contribution in [0.3, 0.4) is 0 Å². The number of hydrogen-bond acceptors (Lipinski definition) is 4. The first-order chi connectivity index (χ1) is 14.4. The molecule has 0 aliphatic carbocycles. The maximum atomic E-state index is 10.9. The largest absolute Gasteiger partial charge is 0.488 e. The van der Waals surface area contributed by atoms with Crippen molar-refractivity contribution in [1.82, 2.24) is 5.16 Å². The Balaban J connectivity index is 1.84. The number of nitrogens with zero attached hydrogens (tertiary/aromatic N) is 1. The number of carboxylic acid groups (broad SMARTS) is 1. The van der Waals surface area contributed by atoms with Crippen molar-refractivity contribution in [2.75, 3.05) is 0 Å². The molecule has 30 heavy (non-hydrogen) atoms. The third-order valence-corrected chi connectivity index (χ3v) is 5.55. The van der Waals surface area contributed by atoms with Crippen LogP contribution < -0.4 is 4.74 Å². The number of rotatable bonds is 9. The van der Waals surface area contributed by atoms with E-state index in [-0.39, 0.29) is 6.42 Å². The molecule has 0 radical (unpaired) electrons. The second-order valence-electron chi connectivity index (χ2n) is 7.35. The molecule has 6 heteroatoms. The van der Waals surface area contributed by atoms with E-state index in [0.29, 0.717) is 18.1 Å². The van der Waals surface area contributed by atoms with Gasteiger partial charge in [-0.15, -0.1) is 0 Å². The van der Waals surface area contributed by atoms with E-state index in [1.807, 2.05) is 50.2 Å². The van der Waals surface area contributed by atoms with Crippen molar-refractivity contribution >= 4 is 17.6 Å². The molecule has 5 nitrogen and oxygen atoms in total. The van der Waals surface area contributed by atoms with E-state index in [2.05, 4.69) is 12.1 Å². The van der Waals surface area contributed by atoms with Crippen molar-refractivity contribution in [3.05, 3.63) is 69.4 Å². The van der Waals surface area contributed by atoms with Crippen LogP contribution in [0.15, 0.2) is 40.9 Å². The van der Waals surface area contributed by atoms with Gasteiger partial charge in [0, 0.05) is 23.4 Å². The first kappa shape index (κ1) is 21.9. The van der Waals surface area contributed by atoms with E-state index >= 15 is 0 Å². The normalized spacial score (nSPS) is 10.9. The minimum Gasteiger partial charge on any atom is -0.488 e. The van der Waals surface area contributed by atoms with Crippen LogP contribution in [0.1, 0.15) is 47.8 Å². The highest BCUT2D eigenvalue weighted by molar-refractivity contribution is 6.30. The molecule has 0 atom stereocenters. The van der Waals surface area contributed by atoms with Crippen LogP contribution in [0.2, 0.25) is 5.02 Å². The van der Waals surface area contributed by atoms with Gasteiger partial charge < -0.3 is 14.4 Å². The molecule has 1 N–H and O–H groups in total. The standard InChI is InChI=1S/C24H26ClNO4/c1-4-5-22-20(24(26-30-22)18-6-10-19(25)11-7-18)14-29-21-12-8-17(9-13-23(27)28)15(2)16(21)3/h6-8,10-12H,4-5,9,13-14H2,1-3H3,(H,27,28). The molecule has 0 amide bonds. The van der Waals surface area contributed by atoms with E-state index in [0.717, 1.165) is 57.9 Å². The summed E-state index contributed by atoms with van der Waals surface area (Å²) >= 11 is 6.02. The van der Waals surface area contributed by atoms with Crippen LogP contribution in [0, 0.1) is 13.8 Å². The van der Waals surface area contributed by atoms with Gasteiger partial charge in [-0.2, -0.15) is 0 Å². The van der Waals surface area contributed by atoms with Crippen LogP contribution in [-0.4, -0.2) is 16.2 Å². The quantitative estimate of drug-likeness (QED) is 0.442. The smallest absolute Gasteiger partial charge is 0.303 e. The van der Waals surface area contributed by atoms with Crippen molar-refractivity contribution in [2.24, 2.45) is 0 Å². The Labute approximate surface area is 181 Å². The Bertz CT molecular complexity index is 1020. The minimum absolute atomic E-state index is 0.117. The number of benzene rings is 2. The molecule has 2 aromatic carbocycles. The number of aromatic nitrogens is 1. The molecule has 1 aromatic heterocycles. The molecular weight excluding hydrogens is 402 g/mol. The van der Waals surface area contributed by atoms with E-state index in [9.17, 15) is 4.79 Å². The van der Waals surface area contributed by atoms with Crippen molar-refractivity contribution < 1.29 is 19.2 Å². The lowest BCUT2D eigenvalue weighted by molar-refractivity contribution is -0.136. The first-order valence-corrected chi connectivity index (χ1v) is 10.5. The molecule has 158 valence electrons. The molecule has 0 fully saturated rings. The maximum Gasteiger partial charge on any atom is 0.303 e. The molecule has 0 saturated heterocycles. The molecule has 0 spiro atoms. The van der Waals surface area contributed by atoms with E-state index in [1.54, 1.807) is 0 Å². The lowest BCUT2D eigenvalue weighted by atomic mass is 9.99. The average Bonchev–Trinajstić information content (AvgIpc) is 3.11. The Morgan fingerprint density at radius 2 is 1.83 bits per heavy atom. The van der Waals surface area contributed by atoms with Crippen LogP contribution in [-0.2, 0) is 24.2 Å². The summed E-state index contributed by atoms with van der Waals surface area (Å²) in [4.78, 5) is 10.9. The second kappa shape index (κ2) is 9.81. The highest BCUT2D eigenvalue weighted by atomic mass is 35.5. The fourth-order valence-electron chi connectivity index (χ4n) is 3.42. The fourth-order valence-corrected chi connectivity index (χ4v) is 3.55. The second-order valence-corrected chi connectivity index (χ2v) is 7.78. The number of ether oxygens (including phenoxy) is 1. The Morgan fingerprint density at radius 1 is 1.10 bits per heavy atom. The topological polar surface area (TPSA) is 72.6 Å². The summed E-state index contributed by atoms with van der Waals surface area (Å²) < 4.78 is 11.8. The lowest BCUT2D eigenvalue weighted by Crippen LogP contribution is -2.04. The third kappa shape index (κ3) is 5.03. The van der Waals surface area contributed by atoms with Crippen LogP contribution in [0.25, 0.3) is 11.3 Å². The Hall–Kier alpha value is -2.79. The highest BCUT2D eigenvalue weighted by Gasteiger charge is 2.18. The predicted molar refractivity (Wildman–Crippen MR) is 117 cm³/mol. The summed E-state index contributed by atoms with van der Waals surface area (Å²) in [5, 5.41) is 13.9. The molecule has 0 bridgehead atoms. The van der Waals surface area contributed by atoms with Gasteiger partial charge in [0.05, 0.1) is 5.56 Å². The maximum absolute atomic E-state index is 10.9. The molecule has 0 aliphatic rings. The summed E-state index contributed by atoms with van der Waals surface area (Å²) in [5.74, 6) is 0.810. The van der Waals surface area contributed by atoms with Crippen LogP contribution in [0.5, 0.6) is 5.75 Å². The zero-order valence-electron chi connectivity index (χ0n) is 17.5. The average molecular weight is 428 g/mol. The number of aryl methyl sites for hydroxylation is 2. The van der Waals surface area contributed by atoms with Crippen LogP contribution in [0.4, 0.5) is 0 Å². The van der Waals surface area contributed by atoms with Gasteiger partial charge in [0.1, 0.15) is 23.8 Å². The van der Waals surface area contributed by atoms with Crippen molar-refractivity contribution in [2.45, 2.75) is 53.1 Å². The predicted octanol–water partition coefficient (Wildman–Crippen LogP) is 6.16. The van der Waals surface area contributed by atoms with Gasteiger partial charge in [-0.25, -0.2) is 0 Å². The molecule has 0 unspecified atom stereocenters. The minimum atomic E-state index is -0.794. The van der Waals surface area contributed by atoms with Crippen LogP contribution >= 0.6 is 11.6 Å². The zero-order chi connectivity index (χ0) is 21.7. The monoisotopic (exact) mass is 427 g/mol. The number of hydrogen-bond donors (Lipinski definition) is 1. The fraction of sp³-hybridized carbons (Fsp3) is 0.333. The summed E-state index contributed by atoms with van der Waals surface area (Å²) in [7, 11) is 0. The van der Waals surface area contributed by atoms with Gasteiger partial charge in [-0.05, 0) is 61.6 Å². The number of carbonyl (C=O) groups is 1. The number of carboxylic acids is 1. The van der Waals surface area contributed by atoms with Gasteiger partial charge in [-0.1, -0.05) is 41.9 Å². The van der Waals surface area contributed by atoms with Crippen molar-refractivity contribution in [3.8, 4) is 17.0 Å². The number of halogens is 1. The van der Waals surface area contributed by atoms with Crippen molar-refractivity contribution in [1.29, 1.82) is 0 Å². The summed E-state index contributed by atoms with van der Waals surface area (Å²) in [5.41, 5.74) is 5.74. The van der Waals surface area contributed by atoms with Gasteiger partial charge in [0.25, 0.3) is 0 Å². The first-order valence-electron chi connectivity index (χ1n) is 10.1. The highest BCUT2D eigenvalue weighted by Crippen LogP contribution is 2.31. The van der Waals surface area contributed by atoms with Gasteiger partial charge in [0.2, 0.25) is 0 Å². The van der Waals surface area contributed by atoms with Crippen molar-refractivity contribution in [3.63, 3.8) is 0 Å². The molecule has 0 saturated carbocycles. The lowest BCUT2D eigenvalue weighted by Gasteiger charge is -2.14. The van der Waals surface area contributed by atoms with Gasteiger partial charge >= 0.3 is 5.97 Å².